The second-order valence-corrected chi connectivity index (χ2v) is 6.97. The van der Waals surface area contributed by atoms with Crippen LogP contribution < -0.4 is 16.4 Å². The number of hydrogen-bond donors (Lipinski definition) is 3. The molecule has 23 heavy (non-hydrogen) atoms. The maximum absolute atomic E-state index is 12.6. The van der Waals surface area contributed by atoms with Gasteiger partial charge in [-0.25, -0.2) is 0 Å². The van der Waals surface area contributed by atoms with Gasteiger partial charge in [0.05, 0.1) is 12.0 Å². The largest absolute Gasteiger partial charge is 0.349 e. The summed E-state index contributed by atoms with van der Waals surface area (Å²) in [5.41, 5.74) is 7.97. The highest BCUT2D eigenvalue weighted by atomic mass is 16.2. The highest BCUT2D eigenvalue weighted by molar-refractivity contribution is 5.88. The first kappa shape index (κ1) is 16.0. The van der Waals surface area contributed by atoms with Crippen molar-refractivity contribution in [2.24, 2.45) is 23.5 Å². The lowest BCUT2D eigenvalue weighted by atomic mass is 9.84. The molecule has 1 aromatic carbocycles. The van der Waals surface area contributed by atoms with Gasteiger partial charge in [-0.3, -0.25) is 9.59 Å². The van der Waals surface area contributed by atoms with E-state index in [4.69, 9.17) is 5.73 Å². The zero-order valence-electron chi connectivity index (χ0n) is 13.7. The van der Waals surface area contributed by atoms with Crippen molar-refractivity contribution in [2.45, 2.75) is 45.2 Å². The highest BCUT2D eigenvalue weighted by Gasteiger charge is 2.49. The molecule has 0 radical (unpaired) electrons. The van der Waals surface area contributed by atoms with Gasteiger partial charge in [0.1, 0.15) is 0 Å². The zero-order chi connectivity index (χ0) is 16.6. The number of rotatable bonds is 4. The molecule has 2 aliphatic carbocycles. The minimum atomic E-state index is -0.109. The van der Waals surface area contributed by atoms with Crippen LogP contribution in [0, 0.1) is 17.8 Å². The first-order chi connectivity index (χ1) is 11.0. The van der Waals surface area contributed by atoms with Crippen LogP contribution in [0.4, 0.5) is 5.69 Å². The Hall–Kier alpha value is -1.88. The van der Waals surface area contributed by atoms with E-state index in [9.17, 15) is 9.59 Å². The summed E-state index contributed by atoms with van der Waals surface area (Å²) in [5, 5.41) is 5.87. The van der Waals surface area contributed by atoms with E-state index in [2.05, 4.69) is 10.6 Å². The molecule has 2 aliphatic rings. The van der Waals surface area contributed by atoms with E-state index in [1.165, 1.54) is 13.3 Å². The molecule has 5 unspecified atom stereocenters. The van der Waals surface area contributed by atoms with Crippen molar-refractivity contribution < 1.29 is 9.59 Å². The van der Waals surface area contributed by atoms with Gasteiger partial charge in [-0.15, -0.1) is 0 Å². The second-order valence-electron chi connectivity index (χ2n) is 6.97. The first-order valence-corrected chi connectivity index (χ1v) is 8.39. The summed E-state index contributed by atoms with van der Waals surface area (Å²) >= 11 is 0. The number of anilines is 1. The average molecular weight is 315 g/mol. The number of nitrogens with two attached hydrogens (primary N) is 1. The summed E-state index contributed by atoms with van der Waals surface area (Å²) in [4.78, 5) is 23.8. The Morgan fingerprint density at radius 3 is 2.65 bits per heavy atom. The number of amides is 2. The summed E-state index contributed by atoms with van der Waals surface area (Å²) in [6.45, 7) is 3.44. The number of fused-ring (bicyclic) bond motifs is 2. The van der Waals surface area contributed by atoms with Gasteiger partial charge >= 0.3 is 0 Å². The molecule has 0 spiro atoms. The van der Waals surface area contributed by atoms with Gasteiger partial charge < -0.3 is 16.4 Å². The van der Waals surface area contributed by atoms with Gasteiger partial charge in [-0.2, -0.15) is 0 Å². The van der Waals surface area contributed by atoms with Crippen molar-refractivity contribution in [1.29, 1.82) is 0 Å². The van der Waals surface area contributed by atoms with E-state index >= 15 is 0 Å². The quantitative estimate of drug-likeness (QED) is 0.796. The lowest BCUT2D eigenvalue weighted by Gasteiger charge is -2.28. The molecule has 3 rings (SSSR count). The molecule has 0 aliphatic heterocycles. The number of nitrogens with one attached hydrogen (secondary N) is 2. The maximum Gasteiger partial charge on any atom is 0.225 e. The van der Waals surface area contributed by atoms with Gasteiger partial charge in [0.25, 0.3) is 0 Å². The molecule has 5 atom stereocenters. The fourth-order valence-electron chi connectivity index (χ4n) is 4.21. The van der Waals surface area contributed by atoms with Crippen molar-refractivity contribution in [3.8, 4) is 0 Å². The molecule has 4 N–H and O–H groups in total. The zero-order valence-corrected chi connectivity index (χ0v) is 13.7. The summed E-state index contributed by atoms with van der Waals surface area (Å²) in [6, 6.07) is 7.47. The summed E-state index contributed by atoms with van der Waals surface area (Å²) in [6.07, 6.45) is 3.40. The standard InChI is InChI=1S/C18H25N3O2/c1-10(12-4-3-5-15(9-12)21-11(2)22)20-18(23)16-13-6-7-14(8-13)17(16)19/h3-5,9-10,13-14,16-17H,6-8,19H2,1-2H3,(H,20,23)(H,21,22). The molecule has 0 saturated heterocycles. The van der Waals surface area contributed by atoms with Gasteiger partial charge in [0.15, 0.2) is 0 Å². The van der Waals surface area contributed by atoms with Crippen LogP contribution in [0.5, 0.6) is 0 Å². The highest BCUT2D eigenvalue weighted by Crippen LogP contribution is 2.47. The molecule has 0 aromatic heterocycles. The number of carbonyl (C=O) groups excluding carboxylic acids is 2. The predicted octanol–water partition coefficient (Wildman–Crippen LogP) is 2.20. The van der Waals surface area contributed by atoms with Crippen LogP contribution in [0.3, 0.4) is 0 Å². The third-order valence-corrected chi connectivity index (χ3v) is 5.35. The first-order valence-electron chi connectivity index (χ1n) is 8.39. The molecule has 5 nitrogen and oxygen atoms in total. The van der Waals surface area contributed by atoms with E-state index in [1.807, 2.05) is 31.2 Å². The molecule has 2 bridgehead atoms. The Bertz CT molecular complexity index is 614. The smallest absolute Gasteiger partial charge is 0.225 e. The third kappa shape index (κ3) is 3.24. The van der Waals surface area contributed by atoms with Crippen molar-refractivity contribution in [1.82, 2.24) is 5.32 Å². The van der Waals surface area contributed by atoms with Crippen molar-refractivity contribution >= 4 is 17.5 Å². The fourth-order valence-corrected chi connectivity index (χ4v) is 4.21. The fraction of sp³-hybridized carbons (Fsp3) is 0.556. The number of carbonyl (C=O) groups is 2. The molecule has 0 heterocycles. The van der Waals surface area contributed by atoms with Gasteiger partial charge in [0, 0.05) is 18.7 Å². The molecule has 2 amide bonds. The Labute approximate surface area is 137 Å². The minimum absolute atomic E-state index is 0.00617. The lowest BCUT2D eigenvalue weighted by molar-refractivity contribution is -0.127. The van der Waals surface area contributed by atoms with Gasteiger partial charge in [-0.05, 0) is 55.7 Å². The monoisotopic (exact) mass is 315 g/mol. The van der Waals surface area contributed by atoms with E-state index in [0.717, 1.165) is 24.1 Å². The van der Waals surface area contributed by atoms with Crippen LogP contribution in [0.1, 0.15) is 44.7 Å². The minimum Gasteiger partial charge on any atom is -0.349 e. The van der Waals surface area contributed by atoms with Crippen LogP contribution in [-0.2, 0) is 9.59 Å². The Morgan fingerprint density at radius 2 is 2.00 bits per heavy atom. The second kappa shape index (κ2) is 6.32. The van der Waals surface area contributed by atoms with E-state index < -0.39 is 0 Å². The Kier molecular flexibility index (Phi) is 4.39. The summed E-state index contributed by atoms with van der Waals surface area (Å²) in [5.74, 6) is 0.894. The number of hydrogen-bond acceptors (Lipinski definition) is 3. The molecule has 5 heteroatoms. The van der Waals surface area contributed by atoms with Crippen molar-refractivity contribution in [3.05, 3.63) is 29.8 Å². The molecular formula is C18H25N3O2. The summed E-state index contributed by atoms with van der Waals surface area (Å²) < 4.78 is 0. The van der Waals surface area contributed by atoms with Crippen LogP contribution in [0.25, 0.3) is 0 Å². The molecule has 2 fully saturated rings. The van der Waals surface area contributed by atoms with Crippen LogP contribution in [0.15, 0.2) is 24.3 Å². The maximum atomic E-state index is 12.6. The molecule has 2 saturated carbocycles. The van der Waals surface area contributed by atoms with Crippen LogP contribution in [0.2, 0.25) is 0 Å². The molecular weight excluding hydrogens is 290 g/mol. The lowest BCUT2D eigenvalue weighted by Crippen LogP contribution is -2.45. The van der Waals surface area contributed by atoms with Crippen LogP contribution >= 0.6 is 0 Å². The van der Waals surface area contributed by atoms with E-state index in [0.29, 0.717) is 11.8 Å². The van der Waals surface area contributed by atoms with Crippen LogP contribution in [-0.4, -0.2) is 17.9 Å². The topological polar surface area (TPSA) is 84.2 Å². The molecule has 1 aromatic rings. The van der Waals surface area contributed by atoms with Crippen molar-refractivity contribution in [3.63, 3.8) is 0 Å². The van der Waals surface area contributed by atoms with Gasteiger partial charge in [-0.1, -0.05) is 12.1 Å². The predicted molar refractivity (Wildman–Crippen MR) is 89.6 cm³/mol. The average Bonchev–Trinajstić information content (AvgIpc) is 3.07. The van der Waals surface area contributed by atoms with Crippen molar-refractivity contribution in [2.75, 3.05) is 5.32 Å². The summed E-state index contributed by atoms with van der Waals surface area (Å²) in [7, 11) is 0. The normalized spacial score (nSPS) is 30.0. The Morgan fingerprint density at radius 1 is 1.26 bits per heavy atom. The van der Waals surface area contributed by atoms with Gasteiger partial charge in [0.2, 0.25) is 11.8 Å². The Balaban J connectivity index is 1.66. The molecule has 124 valence electrons. The SMILES string of the molecule is CC(=O)Nc1cccc(C(C)NC(=O)C2C3CCC(C3)C2N)c1. The third-order valence-electron chi connectivity index (χ3n) is 5.35. The number of benzene rings is 1. The van der Waals surface area contributed by atoms with E-state index in [1.54, 1.807) is 0 Å². The van der Waals surface area contributed by atoms with E-state index in [-0.39, 0.29) is 29.8 Å².